The van der Waals surface area contributed by atoms with E-state index in [2.05, 4.69) is 70.2 Å². The lowest BCUT2D eigenvalue weighted by molar-refractivity contribution is -0.144. The zero-order valence-electron chi connectivity index (χ0n) is 20.9. The molecule has 5 heteroatoms. The van der Waals surface area contributed by atoms with Crippen LogP contribution in [0.25, 0.3) is 10.8 Å². The van der Waals surface area contributed by atoms with E-state index in [1.54, 1.807) is 0 Å². The molecule has 0 spiro atoms. The highest BCUT2D eigenvalue weighted by molar-refractivity contribution is 5.83. The SMILES string of the molecule is CC1(C(=O)N2CCOC[C@@H](Cc3ccc4ccncc4c3)C2)CCN(CCc2ccccc2)CC1. The van der Waals surface area contributed by atoms with Crippen molar-refractivity contribution >= 4 is 16.7 Å². The number of hydrogen-bond donors (Lipinski definition) is 0. The van der Waals surface area contributed by atoms with Gasteiger partial charge in [0.2, 0.25) is 5.91 Å². The lowest BCUT2D eigenvalue weighted by atomic mass is 9.78. The first kappa shape index (κ1) is 24.0. The van der Waals surface area contributed by atoms with Crippen LogP contribution in [0.5, 0.6) is 0 Å². The van der Waals surface area contributed by atoms with Gasteiger partial charge in [0.15, 0.2) is 0 Å². The van der Waals surface area contributed by atoms with Gasteiger partial charge in [-0.3, -0.25) is 9.78 Å². The first-order valence-corrected chi connectivity index (χ1v) is 13.1. The molecule has 2 aromatic carbocycles. The summed E-state index contributed by atoms with van der Waals surface area (Å²) in [5.74, 6) is 0.628. The van der Waals surface area contributed by atoms with Crippen LogP contribution in [0.15, 0.2) is 67.0 Å². The molecule has 5 rings (SSSR count). The van der Waals surface area contributed by atoms with Crippen molar-refractivity contribution in [3.8, 4) is 0 Å². The minimum Gasteiger partial charge on any atom is -0.379 e. The number of hydrogen-bond acceptors (Lipinski definition) is 4. The molecule has 0 saturated carbocycles. The molecule has 0 bridgehead atoms. The molecular weight excluding hydrogens is 434 g/mol. The molecule has 0 N–H and O–H groups in total. The van der Waals surface area contributed by atoms with Gasteiger partial charge in [0.25, 0.3) is 0 Å². The monoisotopic (exact) mass is 471 g/mol. The minimum atomic E-state index is -0.271. The molecule has 0 aliphatic carbocycles. The van der Waals surface area contributed by atoms with Crippen LogP contribution in [0.3, 0.4) is 0 Å². The molecule has 35 heavy (non-hydrogen) atoms. The van der Waals surface area contributed by atoms with Gasteiger partial charge in [0.1, 0.15) is 0 Å². The van der Waals surface area contributed by atoms with Crippen LogP contribution in [-0.4, -0.2) is 66.6 Å². The van der Waals surface area contributed by atoms with Crippen LogP contribution >= 0.6 is 0 Å². The van der Waals surface area contributed by atoms with Gasteiger partial charge in [-0.1, -0.05) is 49.4 Å². The molecule has 2 aliphatic heterocycles. The number of carbonyl (C=O) groups excluding carboxylic acids is 1. The third-order valence-corrected chi connectivity index (χ3v) is 7.89. The summed E-state index contributed by atoms with van der Waals surface area (Å²) in [5.41, 5.74) is 2.40. The lowest BCUT2D eigenvalue weighted by Crippen LogP contribution is -2.50. The van der Waals surface area contributed by atoms with Gasteiger partial charge in [-0.05, 0) is 67.4 Å². The third-order valence-electron chi connectivity index (χ3n) is 7.89. The molecule has 2 fully saturated rings. The Kier molecular flexibility index (Phi) is 7.45. The molecule has 0 radical (unpaired) electrons. The van der Waals surface area contributed by atoms with Crippen LogP contribution in [0, 0.1) is 11.3 Å². The summed E-state index contributed by atoms with van der Waals surface area (Å²) in [4.78, 5) is 22.6. The summed E-state index contributed by atoms with van der Waals surface area (Å²) >= 11 is 0. The predicted octanol–water partition coefficient (Wildman–Crippen LogP) is 4.60. The van der Waals surface area contributed by atoms with Gasteiger partial charge in [-0.15, -0.1) is 0 Å². The summed E-state index contributed by atoms with van der Waals surface area (Å²) in [6, 6.07) is 19.3. The minimum absolute atomic E-state index is 0.271. The van der Waals surface area contributed by atoms with Crippen LogP contribution in [0.1, 0.15) is 30.9 Å². The maximum Gasteiger partial charge on any atom is 0.228 e. The largest absolute Gasteiger partial charge is 0.379 e. The first-order valence-electron chi connectivity index (χ1n) is 13.1. The van der Waals surface area contributed by atoms with E-state index in [9.17, 15) is 4.79 Å². The number of benzene rings is 2. The number of rotatable bonds is 6. The van der Waals surface area contributed by atoms with Gasteiger partial charge in [0, 0.05) is 48.7 Å². The molecule has 1 amide bonds. The van der Waals surface area contributed by atoms with E-state index in [4.69, 9.17) is 4.74 Å². The van der Waals surface area contributed by atoms with Crippen molar-refractivity contribution in [2.24, 2.45) is 11.3 Å². The Morgan fingerprint density at radius 3 is 2.69 bits per heavy atom. The molecule has 3 heterocycles. The molecule has 2 saturated heterocycles. The van der Waals surface area contributed by atoms with E-state index < -0.39 is 0 Å². The molecule has 3 aromatic rings. The van der Waals surface area contributed by atoms with E-state index in [1.807, 2.05) is 18.5 Å². The summed E-state index contributed by atoms with van der Waals surface area (Å²) in [7, 11) is 0. The Balaban J connectivity index is 1.17. The smallest absolute Gasteiger partial charge is 0.228 e. The summed E-state index contributed by atoms with van der Waals surface area (Å²) in [6.07, 6.45) is 7.60. The number of nitrogens with zero attached hydrogens (tertiary/aromatic N) is 3. The van der Waals surface area contributed by atoms with Crippen molar-refractivity contribution < 1.29 is 9.53 Å². The standard InChI is InChI=1S/C30H37N3O2/c1-30(11-15-32(16-12-30)14-10-24-5-3-2-4-6-24)29(34)33-17-18-35-23-26(22-33)19-25-7-8-27-9-13-31-21-28(27)20-25/h2-9,13,20-21,26H,10-12,14-19,22-23H2,1H3/t26-/m0/s1. The fourth-order valence-electron chi connectivity index (χ4n) is 5.58. The highest BCUT2D eigenvalue weighted by atomic mass is 16.5. The second-order valence-corrected chi connectivity index (χ2v) is 10.6. The Bertz CT molecular complexity index is 1120. The van der Waals surface area contributed by atoms with Gasteiger partial charge < -0.3 is 14.5 Å². The summed E-state index contributed by atoms with van der Waals surface area (Å²) < 4.78 is 5.94. The van der Waals surface area contributed by atoms with Crippen molar-refractivity contribution in [3.05, 3.63) is 78.1 Å². The third kappa shape index (κ3) is 5.91. The zero-order valence-corrected chi connectivity index (χ0v) is 20.9. The quantitative estimate of drug-likeness (QED) is 0.527. The molecule has 184 valence electrons. The molecule has 1 atom stereocenters. The van der Waals surface area contributed by atoms with E-state index in [0.29, 0.717) is 31.6 Å². The van der Waals surface area contributed by atoms with Crippen molar-refractivity contribution in [1.82, 2.24) is 14.8 Å². The predicted molar refractivity (Wildman–Crippen MR) is 140 cm³/mol. The van der Waals surface area contributed by atoms with Gasteiger partial charge in [-0.25, -0.2) is 0 Å². The Morgan fingerprint density at radius 1 is 1.03 bits per heavy atom. The van der Waals surface area contributed by atoms with Gasteiger partial charge >= 0.3 is 0 Å². The van der Waals surface area contributed by atoms with Gasteiger partial charge in [0.05, 0.1) is 13.2 Å². The van der Waals surface area contributed by atoms with E-state index in [1.165, 1.54) is 21.9 Å². The number of aromatic nitrogens is 1. The number of piperidine rings is 1. The normalized spacial score (nSPS) is 21.1. The second kappa shape index (κ2) is 10.9. The average Bonchev–Trinajstić information content (AvgIpc) is 3.14. The maximum atomic E-state index is 13.7. The van der Waals surface area contributed by atoms with E-state index in [0.717, 1.165) is 51.9 Å². The van der Waals surface area contributed by atoms with Crippen molar-refractivity contribution in [3.63, 3.8) is 0 Å². The Labute approximate surface area is 209 Å². The maximum absolute atomic E-state index is 13.7. The fourth-order valence-corrected chi connectivity index (χ4v) is 5.58. The van der Waals surface area contributed by atoms with Crippen molar-refractivity contribution in [2.75, 3.05) is 45.9 Å². The number of pyridine rings is 1. The first-order chi connectivity index (χ1) is 17.1. The van der Waals surface area contributed by atoms with Crippen LogP contribution in [0.2, 0.25) is 0 Å². The van der Waals surface area contributed by atoms with Crippen molar-refractivity contribution in [1.29, 1.82) is 0 Å². The molecular formula is C30H37N3O2. The number of carbonyl (C=O) groups is 1. The number of ether oxygens (including phenoxy) is 1. The molecule has 5 nitrogen and oxygen atoms in total. The zero-order chi connectivity index (χ0) is 24.1. The fraction of sp³-hybridized carbons (Fsp3) is 0.467. The second-order valence-electron chi connectivity index (χ2n) is 10.6. The Morgan fingerprint density at radius 2 is 1.86 bits per heavy atom. The highest BCUT2D eigenvalue weighted by Gasteiger charge is 2.40. The lowest BCUT2D eigenvalue weighted by Gasteiger charge is -2.41. The van der Waals surface area contributed by atoms with E-state index in [-0.39, 0.29) is 5.41 Å². The number of amides is 1. The van der Waals surface area contributed by atoms with Gasteiger partial charge in [-0.2, -0.15) is 0 Å². The summed E-state index contributed by atoms with van der Waals surface area (Å²) in [5, 5.41) is 2.37. The topological polar surface area (TPSA) is 45.7 Å². The summed E-state index contributed by atoms with van der Waals surface area (Å²) in [6.45, 7) is 8.04. The highest BCUT2D eigenvalue weighted by Crippen LogP contribution is 2.34. The number of fused-ring (bicyclic) bond motifs is 1. The van der Waals surface area contributed by atoms with E-state index >= 15 is 0 Å². The number of likely N-dealkylation sites (tertiary alicyclic amines) is 1. The average molecular weight is 472 g/mol. The molecule has 1 aromatic heterocycles. The molecule has 2 aliphatic rings. The molecule has 0 unspecified atom stereocenters. The van der Waals surface area contributed by atoms with Crippen LogP contribution < -0.4 is 0 Å². The Hall–Kier alpha value is -2.76. The van der Waals surface area contributed by atoms with Crippen molar-refractivity contribution in [2.45, 2.75) is 32.6 Å². The van der Waals surface area contributed by atoms with Crippen LogP contribution in [0.4, 0.5) is 0 Å². The van der Waals surface area contributed by atoms with Crippen LogP contribution in [-0.2, 0) is 22.4 Å².